The van der Waals surface area contributed by atoms with Crippen LogP contribution >= 0.6 is 0 Å². The fourth-order valence-electron chi connectivity index (χ4n) is 3.01. The molecule has 23 heavy (non-hydrogen) atoms. The highest BCUT2D eigenvalue weighted by Crippen LogP contribution is 2.34. The molecule has 0 spiro atoms. The first-order valence-corrected chi connectivity index (χ1v) is 8.27. The van der Waals surface area contributed by atoms with Crippen LogP contribution in [0.3, 0.4) is 0 Å². The lowest BCUT2D eigenvalue weighted by Crippen LogP contribution is -2.30. The third kappa shape index (κ3) is 6.65. The van der Waals surface area contributed by atoms with Gasteiger partial charge >= 0.3 is 0 Å². The van der Waals surface area contributed by atoms with Crippen LogP contribution in [0.1, 0.15) is 32.6 Å². The minimum Gasteiger partial charge on any atom is -0.388 e. The monoisotopic (exact) mass is 314 g/mol. The van der Waals surface area contributed by atoms with Gasteiger partial charge in [-0.15, -0.1) is 0 Å². The van der Waals surface area contributed by atoms with Crippen molar-refractivity contribution < 1.29 is 0 Å². The second-order valence-electron chi connectivity index (χ2n) is 6.31. The Bertz CT molecular complexity index is 486. The lowest BCUT2D eigenvalue weighted by molar-refractivity contribution is 0.388. The third-order valence-corrected chi connectivity index (χ3v) is 4.53. The van der Waals surface area contributed by atoms with Crippen LogP contribution in [0.15, 0.2) is 49.5 Å². The quantitative estimate of drug-likeness (QED) is 0.513. The normalized spacial score (nSPS) is 20.9. The van der Waals surface area contributed by atoms with Crippen LogP contribution in [0.2, 0.25) is 0 Å². The zero-order valence-electron chi connectivity index (χ0n) is 14.3. The summed E-state index contributed by atoms with van der Waals surface area (Å²) >= 11 is 0. The molecule has 4 nitrogen and oxygen atoms in total. The molecule has 0 radical (unpaired) electrons. The van der Waals surface area contributed by atoms with Gasteiger partial charge in [-0.3, -0.25) is 0 Å². The average molecular weight is 314 g/mol. The minimum atomic E-state index is 0.428. The van der Waals surface area contributed by atoms with E-state index >= 15 is 0 Å². The van der Waals surface area contributed by atoms with E-state index in [-0.39, 0.29) is 0 Å². The number of nitriles is 1. The SMILES string of the molecule is C=CNCC(=C)NC1CCC(C(C)C(=C)NCCC(=C)C#N)C1. The molecule has 1 aliphatic carbocycles. The average Bonchev–Trinajstić information content (AvgIpc) is 3.00. The van der Waals surface area contributed by atoms with Crippen molar-refractivity contribution in [3.8, 4) is 6.07 Å². The van der Waals surface area contributed by atoms with Crippen molar-refractivity contribution in [1.82, 2.24) is 16.0 Å². The maximum Gasteiger partial charge on any atom is 0.0941 e. The van der Waals surface area contributed by atoms with E-state index in [1.807, 2.05) is 0 Å². The van der Waals surface area contributed by atoms with Crippen LogP contribution in [0.25, 0.3) is 0 Å². The van der Waals surface area contributed by atoms with E-state index in [9.17, 15) is 0 Å². The molecule has 3 unspecified atom stereocenters. The van der Waals surface area contributed by atoms with Gasteiger partial charge in [0.25, 0.3) is 0 Å². The Kier molecular flexibility index (Phi) is 8.04. The van der Waals surface area contributed by atoms with Crippen LogP contribution in [0.5, 0.6) is 0 Å². The van der Waals surface area contributed by atoms with E-state index in [0.29, 0.717) is 29.9 Å². The van der Waals surface area contributed by atoms with E-state index in [2.05, 4.69) is 55.3 Å². The number of hydrogen-bond acceptors (Lipinski definition) is 4. The summed E-state index contributed by atoms with van der Waals surface area (Å²) < 4.78 is 0. The van der Waals surface area contributed by atoms with E-state index in [1.165, 1.54) is 12.8 Å². The number of nitrogens with one attached hydrogen (secondary N) is 3. The van der Waals surface area contributed by atoms with Gasteiger partial charge in [0.05, 0.1) is 12.6 Å². The van der Waals surface area contributed by atoms with E-state index in [4.69, 9.17) is 5.26 Å². The molecular formula is C19H30N4. The Labute approximate surface area is 141 Å². The van der Waals surface area contributed by atoms with Crippen molar-refractivity contribution >= 4 is 0 Å². The van der Waals surface area contributed by atoms with E-state index in [1.54, 1.807) is 6.20 Å². The lowest BCUT2D eigenvalue weighted by atomic mass is 9.90. The molecule has 1 aliphatic rings. The van der Waals surface area contributed by atoms with E-state index < -0.39 is 0 Å². The zero-order chi connectivity index (χ0) is 17.2. The summed E-state index contributed by atoms with van der Waals surface area (Å²) in [6, 6.07) is 2.56. The Morgan fingerprint density at radius 2 is 2.09 bits per heavy atom. The molecule has 0 saturated heterocycles. The smallest absolute Gasteiger partial charge is 0.0941 e. The van der Waals surface area contributed by atoms with Crippen LogP contribution < -0.4 is 16.0 Å². The Balaban J connectivity index is 2.32. The fourth-order valence-corrected chi connectivity index (χ4v) is 3.01. The second kappa shape index (κ2) is 9.78. The maximum absolute atomic E-state index is 8.71. The Hall–Kier alpha value is -2.15. The van der Waals surface area contributed by atoms with Crippen molar-refractivity contribution in [2.24, 2.45) is 11.8 Å². The summed E-state index contributed by atoms with van der Waals surface area (Å²) in [7, 11) is 0. The largest absolute Gasteiger partial charge is 0.388 e. The van der Waals surface area contributed by atoms with Crippen LogP contribution in [0.4, 0.5) is 0 Å². The zero-order valence-corrected chi connectivity index (χ0v) is 14.3. The first-order chi connectivity index (χ1) is 11.0. The molecule has 0 bridgehead atoms. The van der Waals surface area contributed by atoms with Crippen molar-refractivity contribution in [3.05, 3.63) is 49.5 Å². The van der Waals surface area contributed by atoms with Crippen molar-refractivity contribution in [3.63, 3.8) is 0 Å². The van der Waals surface area contributed by atoms with Gasteiger partial charge in [0.2, 0.25) is 0 Å². The molecule has 4 heteroatoms. The highest BCUT2D eigenvalue weighted by Gasteiger charge is 2.29. The van der Waals surface area contributed by atoms with E-state index in [0.717, 1.165) is 30.9 Å². The summed E-state index contributed by atoms with van der Waals surface area (Å²) in [5.41, 5.74) is 2.68. The molecular weight excluding hydrogens is 284 g/mol. The number of hydrogen-bond donors (Lipinski definition) is 3. The van der Waals surface area contributed by atoms with Crippen molar-refractivity contribution in [2.75, 3.05) is 13.1 Å². The van der Waals surface area contributed by atoms with Gasteiger partial charge in [-0.05, 0) is 43.7 Å². The standard InChI is InChI=1S/C19H30N4/c1-6-21-13-15(3)23-19-8-7-18(11-19)16(4)17(5)22-10-9-14(2)12-20/h6,16,18-19,21-23H,1-3,5,7-11,13H2,4H3. The Morgan fingerprint density at radius 3 is 2.74 bits per heavy atom. The molecule has 0 aromatic heterocycles. The third-order valence-electron chi connectivity index (χ3n) is 4.53. The topological polar surface area (TPSA) is 59.9 Å². The summed E-state index contributed by atoms with van der Waals surface area (Å²) in [5.74, 6) is 1.06. The van der Waals surface area contributed by atoms with Gasteiger partial charge in [-0.25, -0.2) is 0 Å². The minimum absolute atomic E-state index is 0.428. The predicted molar refractivity (Wildman–Crippen MR) is 97.3 cm³/mol. The van der Waals surface area contributed by atoms with Crippen LogP contribution in [-0.2, 0) is 0 Å². The van der Waals surface area contributed by atoms with Crippen LogP contribution in [0, 0.1) is 23.2 Å². The number of allylic oxidation sites excluding steroid dienone is 1. The molecule has 0 aromatic carbocycles. The van der Waals surface area contributed by atoms with Gasteiger partial charge in [-0.2, -0.15) is 5.26 Å². The first-order valence-electron chi connectivity index (χ1n) is 8.27. The summed E-state index contributed by atoms with van der Waals surface area (Å²) in [6.07, 6.45) is 5.86. The lowest BCUT2D eigenvalue weighted by Gasteiger charge is -2.23. The van der Waals surface area contributed by atoms with Gasteiger partial charge in [0.15, 0.2) is 0 Å². The molecule has 3 atom stereocenters. The number of nitrogens with zero attached hydrogens (tertiary/aromatic N) is 1. The summed E-state index contributed by atoms with van der Waals surface area (Å²) in [5, 5.41) is 18.6. The second-order valence-corrected chi connectivity index (χ2v) is 6.31. The summed E-state index contributed by atoms with van der Waals surface area (Å²) in [4.78, 5) is 0. The van der Waals surface area contributed by atoms with Gasteiger partial charge in [0, 0.05) is 29.6 Å². The fraction of sp³-hybridized carbons (Fsp3) is 0.526. The molecule has 1 fully saturated rings. The Morgan fingerprint density at radius 1 is 1.35 bits per heavy atom. The molecule has 3 N–H and O–H groups in total. The molecule has 126 valence electrons. The highest BCUT2D eigenvalue weighted by atomic mass is 15.0. The van der Waals surface area contributed by atoms with Crippen LogP contribution in [-0.4, -0.2) is 19.1 Å². The maximum atomic E-state index is 8.71. The van der Waals surface area contributed by atoms with Crippen molar-refractivity contribution in [2.45, 2.75) is 38.6 Å². The molecule has 1 rings (SSSR count). The molecule has 0 aromatic rings. The molecule has 0 heterocycles. The first kappa shape index (κ1) is 18.9. The highest BCUT2D eigenvalue weighted by molar-refractivity contribution is 5.16. The van der Waals surface area contributed by atoms with Gasteiger partial charge in [0.1, 0.15) is 0 Å². The predicted octanol–water partition coefficient (Wildman–Crippen LogP) is 3.20. The van der Waals surface area contributed by atoms with Gasteiger partial charge in [-0.1, -0.05) is 33.2 Å². The summed E-state index contributed by atoms with van der Waals surface area (Å²) in [6.45, 7) is 19.2. The molecule has 1 saturated carbocycles. The van der Waals surface area contributed by atoms with Gasteiger partial charge < -0.3 is 16.0 Å². The van der Waals surface area contributed by atoms with Crippen molar-refractivity contribution in [1.29, 1.82) is 5.26 Å². The molecule has 0 amide bonds. The molecule has 0 aliphatic heterocycles. The number of rotatable bonds is 11.